The minimum Gasteiger partial charge on any atom is -0.369 e. The lowest BCUT2D eigenvalue weighted by molar-refractivity contribution is 0.385. The van der Waals surface area contributed by atoms with E-state index in [9.17, 15) is 12.8 Å². The third kappa shape index (κ3) is 3.67. The summed E-state index contributed by atoms with van der Waals surface area (Å²) in [4.78, 5) is 2.12. The molecule has 24 heavy (non-hydrogen) atoms. The van der Waals surface area contributed by atoms with Gasteiger partial charge in [-0.2, -0.15) is 4.31 Å². The minimum atomic E-state index is -3.64. The first-order valence-electron chi connectivity index (χ1n) is 7.33. The summed E-state index contributed by atoms with van der Waals surface area (Å²) in [5.74, 6) is -0.294. The van der Waals surface area contributed by atoms with Gasteiger partial charge in [0.2, 0.25) is 10.0 Å². The molecular weight excluding hydrogens is 374 g/mol. The molecule has 0 amide bonds. The van der Waals surface area contributed by atoms with Crippen LogP contribution in [0.2, 0.25) is 10.0 Å². The van der Waals surface area contributed by atoms with E-state index in [4.69, 9.17) is 23.2 Å². The fourth-order valence-corrected chi connectivity index (χ4v) is 4.81. The van der Waals surface area contributed by atoms with E-state index < -0.39 is 10.0 Å². The monoisotopic (exact) mass is 388 g/mol. The molecule has 1 saturated heterocycles. The number of nitrogens with zero attached hydrogens (tertiary/aromatic N) is 2. The van der Waals surface area contributed by atoms with E-state index in [0.29, 0.717) is 26.2 Å². The Bertz CT molecular complexity index is 815. The van der Waals surface area contributed by atoms with E-state index in [0.717, 1.165) is 5.69 Å². The maximum Gasteiger partial charge on any atom is 0.243 e. The Balaban J connectivity index is 1.74. The predicted molar refractivity (Wildman–Crippen MR) is 93.8 cm³/mol. The molecule has 0 aromatic heterocycles. The summed E-state index contributed by atoms with van der Waals surface area (Å²) >= 11 is 11.8. The van der Waals surface area contributed by atoms with E-state index in [2.05, 4.69) is 0 Å². The fraction of sp³-hybridized carbons (Fsp3) is 0.250. The lowest BCUT2D eigenvalue weighted by atomic mass is 10.2. The summed E-state index contributed by atoms with van der Waals surface area (Å²) in [6.45, 7) is 1.73. The highest BCUT2D eigenvalue weighted by Gasteiger charge is 2.29. The average molecular weight is 389 g/mol. The zero-order valence-corrected chi connectivity index (χ0v) is 15.0. The Kier molecular flexibility index (Phi) is 5.01. The van der Waals surface area contributed by atoms with Crippen LogP contribution in [0.25, 0.3) is 0 Å². The molecule has 2 aromatic rings. The summed E-state index contributed by atoms with van der Waals surface area (Å²) in [6, 6.07) is 10.5. The van der Waals surface area contributed by atoms with Crippen molar-refractivity contribution >= 4 is 38.9 Å². The van der Waals surface area contributed by atoms with E-state index >= 15 is 0 Å². The van der Waals surface area contributed by atoms with Gasteiger partial charge in [-0.05, 0) is 42.5 Å². The van der Waals surface area contributed by atoms with Crippen molar-refractivity contribution < 1.29 is 12.8 Å². The first-order valence-corrected chi connectivity index (χ1v) is 9.52. The molecule has 0 spiro atoms. The molecule has 0 saturated carbocycles. The van der Waals surface area contributed by atoms with Crippen LogP contribution in [0.3, 0.4) is 0 Å². The lowest BCUT2D eigenvalue weighted by Crippen LogP contribution is -2.48. The number of anilines is 1. The number of halogens is 3. The van der Waals surface area contributed by atoms with Crippen LogP contribution in [0.5, 0.6) is 0 Å². The SMILES string of the molecule is O=S(=O)(c1cc(Cl)cc(Cl)c1)N1CCN(c2ccc(F)cc2)CC1. The summed E-state index contributed by atoms with van der Waals surface area (Å²) in [7, 11) is -3.64. The van der Waals surface area contributed by atoms with Gasteiger partial charge in [0.05, 0.1) is 4.90 Å². The van der Waals surface area contributed by atoms with Crippen LogP contribution >= 0.6 is 23.2 Å². The molecule has 0 N–H and O–H groups in total. The summed E-state index contributed by atoms with van der Waals surface area (Å²) in [6.07, 6.45) is 0. The van der Waals surface area contributed by atoms with Gasteiger partial charge in [0.15, 0.2) is 0 Å². The maximum absolute atomic E-state index is 13.0. The van der Waals surface area contributed by atoms with E-state index in [1.165, 1.54) is 34.6 Å². The lowest BCUT2D eigenvalue weighted by Gasteiger charge is -2.35. The molecule has 2 aromatic carbocycles. The van der Waals surface area contributed by atoms with Gasteiger partial charge >= 0.3 is 0 Å². The number of piperazine rings is 1. The van der Waals surface area contributed by atoms with Crippen molar-refractivity contribution in [1.82, 2.24) is 4.31 Å². The molecular formula is C16H15Cl2FN2O2S. The van der Waals surface area contributed by atoms with Gasteiger partial charge < -0.3 is 4.90 Å². The Labute approximate surface area is 150 Å². The van der Waals surface area contributed by atoms with Crippen LogP contribution in [0.4, 0.5) is 10.1 Å². The molecule has 0 aliphatic carbocycles. The molecule has 3 rings (SSSR count). The number of hydrogen-bond acceptors (Lipinski definition) is 3. The average Bonchev–Trinajstić information content (AvgIpc) is 2.55. The van der Waals surface area contributed by atoms with Crippen molar-refractivity contribution in [2.45, 2.75) is 4.90 Å². The van der Waals surface area contributed by atoms with Crippen LogP contribution < -0.4 is 4.90 Å². The van der Waals surface area contributed by atoms with Crippen LogP contribution in [0.1, 0.15) is 0 Å². The van der Waals surface area contributed by atoms with Gasteiger partial charge in [-0.3, -0.25) is 0 Å². The molecule has 1 aliphatic rings. The maximum atomic E-state index is 13.0. The Morgan fingerprint density at radius 2 is 1.42 bits per heavy atom. The highest BCUT2D eigenvalue weighted by molar-refractivity contribution is 7.89. The molecule has 8 heteroatoms. The van der Waals surface area contributed by atoms with Crippen molar-refractivity contribution in [2.24, 2.45) is 0 Å². The summed E-state index contributed by atoms with van der Waals surface area (Å²) in [5.41, 5.74) is 0.874. The van der Waals surface area contributed by atoms with Crippen LogP contribution in [0, 0.1) is 5.82 Å². The van der Waals surface area contributed by atoms with Crippen LogP contribution in [0.15, 0.2) is 47.4 Å². The van der Waals surface area contributed by atoms with Crippen LogP contribution in [-0.4, -0.2) is 38.9 Å². The topological polar surface area (TPSA) is 40.6 Å². The summed E-state index contributed by atoms with van der Waals surface area (Å²) < 4.78 is 39.8. The Hall–Kier alpha value is -1.34. The molecule has 0 bridgehead atoms. The van der Waals surface area contributed by atoms with Gasteiger partial charge in [0.1, 0.15) is 5.82 Å². The van der Waals surface area contributed by atoms with Gasteiger partial charge in [-0.25, -0.2) is 12.8 Å². The normalized spacial score (nSPS) is 16.4. The highest BCUT2D eigenvalue weighted by atomic mass is 35.5. The van der Waals surface area contributed by atoms with Gasteiger partial charge in [0.25, 0.3) is 0 Å². The van der Waals surface area contributed by atoms with Crippen LogP contribution in [-0.2, 0) is 10.0 Å². The van der Waals surface area contributed by atoms with Crippen molar-refractivity contribution in [3.05, 3.63) is 58.3 Å². The van der Waals surface area contributed by atoms with E-state index in [-0.39, 0.29) is 20.8 Å². The Morgan fingerprint density at radius 3 is 1.96 bits per heavy atom. The van der Waals surface area contributed by atoms with Crippen molar-refractivity contribution in [3.63, 3.8) is 0 Å². The van der Waals surface area contributed by atoms with E-state index in [1.54, 1.807) is 12.1 Å². The van der Waals surface area contributed by atoms with Gasteiger partial charge in [-0.1, -0.05) is 23.2 Å². The molecule has 0 atom stereocenters. The van der Waals surface area contributed by atoms with E-state index in [1.807, 2.05) is 4.90 Å². The van der Waals surface area contributed by atoms with Gasteiger partial charge in [-0.15, -0.1) is 0 Å². The minimum absolute atomic E-state index is 0.0928. The Morgan fingerprint density at radius 1 is 0.875 bits per heavy atom. The third-order valence-corrected chi connectivity index (χ3v) is 6.22. The third-order valence-electron chi connectivity index (χ3n) is 3.90. The first kappa shape index (κ1) is 17.5. The molecule has 1 heterocycles. The molecule has 1 aliphatic heterocycles. The standard InChI is InChI=1S/C16H15Cl2FN2O2S/c17-12-9-13(18)11-16(10-12)24(22,23)21-7-5-20(6-8-21)15-3-1-14(19)2-4-15/h1-4,9-11H,5-8H2. The molecule has 0 radical (unpaired) electrons. The molecule has 4 nitrogen and oxygen atoms in total. The zero-order chi connectivity index (χ0) is 17.3. The number of sulfonamides is 1. The highest BCUT2D eigenvalue weighted by Crippen LogP contribution is 2.26. The largest absolute Gasteiger partial charge is 0.369 e. The number of rotatable bonds is 3. The van der Waals surface area contributed by atoms with Crippen molar-refractivity contribution in [2.75, 3.05) is 31.1 Å². The molecule has 128 valence electrons. The fourth-order valence-electron chi connectivity index (χ4n) is 2.67. The predicted octanol–water partition coefficient (Wildman–Crippen LogP) is 3.64. The second kappa shape index (κ2) is 6.88. The zero-order valence-electron chi connectivity index (χ0n) is 12.6. The second-order valence-corrected chi connectivity index (χ2v) is 8.28. The van der Waals surface area contributed by atoms with Crippen molar-refractivity contribution in [1.29, 1.82) is 0 Å². The van der Waals surface area contributed by atoms with Gasteiger partial charge in [0, 0.05) is 41.9 Å². The smallest absolute Gasteiger partial charge is 0.243 e. The van der Waals surface area contributed by atoms with Crippen molar-refractivity contribution in [3.8, 4) is 0 Å². The second-order valence-electron chi connectivity index (χ2n) is 5.47. The number of benzene rings is 2. The quantitative estimate of drug-likeness (QED) is 0.805. The molecule has 1 fully saturated rings. The molecule has 0 unspecified atom stereocenters. The number of hydrogen-bond donors (Lipinski definition) is 0. The summed E-state index contributed by atoms with van der Waals surface area (Å²) in [5, 5.41) is 0.567. The first-order chi connectivity index (χ1) is 11.4.